The van der Waals surface area contributed by atoms with Gasteiger partial charge in [0, 0.05) is 23.7 Å². The van der Waals surface area contributed by atoms with Gasteiger partial charge in [0.25, 0.3) is 0 Å². The molecule has 0 saturated carbocycles. The molecule has 1 amide bonds. The molecule has 2 aromatic carbocycles. The number of carbonyl (C=O) groups is 1. The first-order valence-corrected chi connectivity index (χ1v) is 10.4. The summed E-state index contributed by atoms with van der Waals surface area (Å²) < 4.78 is 25.7. The predicted molar refractivity (Wildman–Crippen MR) is 108 cm³/mol. The maximum absolute atomic E-state index is 12.3. The summed E-state index contributed by atoms with van der Waals surface area (Å²) in [5.41, 5.74) is 4.00. The van der Waals surface area contributed by atoms with Gasteiger partial charge in [-0.1, -0.05) is 35.4 Å². The molecule has 2 aromatic rings. The molecule has 140 valence electrons. The minimum absolute atomic E-state index is 0.0341. The van der Waals surface area contributed by atoms with E-state index in [0.29, 0.717) is 16.4 Å². The van der Waals surface area contributed by atoms with Gasteiger partial charge >= 0.3 is 0 Å². The first kappa shape index (κ1) is 20.3. The number of nitrogens with one attached hydrogen (secondary N) is 1. The molecule has 2 rings (SSSR count). The fourth-order valence-corrected chi connectivity index (χ4v) is 3.85. The summed E-state index contributed by atoms with van der Waals surface area (Å²) in [5.74, 6) is -0.270. The predicted octanol–water partition coefficient (Wildman–Crippen LogP) is 4.06. The highest BCUT2D eigenvalue weighted by molar-refractivity contribution is 7.92. The number of aryl methyl sites for hydroxylation is 3. The van der Waals surface area contributed by atoms with E-state index in [0.717, 1.165) is 22.9 Å². The molecule has 7 heteroatoms. The van der Waals surface area contributed by atoms with Crippen molar-refractivity contribution in [3.63, 3.8) is 0 Å². The van der Waals surface area contributed by atoms with Crippen molar-refractivity contribution in [1.29, 1.82) is 0 Å². The van der Waals surface area contributed by atoms with Crippen LogP contribution in [0.3, 0.4) is 0 Å². The Kier molecular flexibility index (Phi) is 6.31. The number of halogens is 1. The van der Waals surface area contributed by atoms with E-state index in [-0.39, 0.29) is 18.9 Å². The van der Waals surface area contributed by atoms with Gasteiger partial charge in [-0.05, 0) is 50.1 Å². The molecule has 0 aliphatic carbocycles. The van der Waals surface area contributed by atoms with E-state index in [4.69, 9.17) is 11.6 Å². The van der Waals surface area contributed by atoms with E-state index in [9.17, 15) is 13.2 Å². The lowest BCUT2D eigenvalue weighted by Gasteiger charge is -2.24. The van der Waals surface area contributed by atoms with Crippen molar-refractivity contribution < 1.29 is 13.2 Å². The number of nitrogens with zero attached hydrogens (tertiary/aromatic N) is 1. The highest BCUT2D eigenvalue weighted by Gasteiger charge is 2.20. The summed E-state index contributed by atoms with van der Waals surface area (Å²) in [7, 11) is -3.50. The van der Waals surface area contributed by atoms with E-state index in [1.54, 1.807) is 18.2 Å². The van der Waals surface area contributed by atoms with Crippen molar-refractivity contribution in [1.82, 2.24) is 0 Å². The molecule has 26 heavy (non-hydrogen) atoms. The van der Waals surface area contributed by atoms with Crippen LogP contribution in [0.2, 0.25) is 5.02 Å². The molecule has 0 saturated heterocycles. The van der Waals surface area contributed by atoms with Gasteiger partial charge in [-0.3, -0.25) is 9.10 Å². The maximum Gasteiger partial charge on any atom is 0.232 e. The Morgan fingerprint density at radius 3 is 2.38 bits per heavy atom. The molecule has 0 radical (unpaired) electrons. The molecule has 1 N–H and O–H groups in total. The normalized spacial score (nSPS) is 11.3. The van der Waals surface area contributed by atoms with Gasteiger partial charge in [-0.15, -0.1) is 0 Å². The van der Waals surface area contributed by atoms with Crippen LogP contribution in [0.25, 0.3) is 0 Å². The minimum Gasteiger partial charge on any atom is -0.326 e. The van der Waals surface area contributed by atoms with Crippen LogP contribution in [0.1, 0.15) is 23.1 Å². The molecular formula is C19H23ClN2O3S. The molecule has 0 aliphatic rings. The van der Waals surface area contributed by atoms with E-state index in [1.165, 1.54) is 4.31 Å². The average Bonchev–Trinajstić information content (AvgIpc) is 2.51. The first-order valence-electron chi connectivity index (χ1n) is 8.19. The van der Waals surface area contributed by atoms with Crippen LogP contribution in [-0.4, -0.2) is 27.1 Å². The minimum atomic E-state index is -3.50. The van der Waals surface area contributed by atoms with Crippen molar-refractivity contribution in [2.24, 2.45) is 0 Å². The molecule has 0 aliphatic heterocycles. The molecule has 0 bridgehead atoms. The second-order valence-electron chi connectivity index (χ2n) is 6.38. The molecule has 0 aromatic heterocycles. The monoisotopic (exact) mass is 394 g/mol. The van der Waals surface area contributed by atoms with Crippen molar-refractivity contribution >= 4 is 38.9 Å². The third-order valence-corrected chi connectivity index (χ3v) is 5.45. The summed E-state index contributed by atoms with van der Waals surface area (Å²) >= 11 is 5.96. The molecule has 0 heterocycles. The largest absolute Gasteiger partial charge is 0.326 e. The SMILES string of the molecule is Cc1ccc(N(CCC(=O)Nc2cc(Cl)ccc2C)S(C)(=O)=O)c(C)c1. The Morgan fingerprint density at radius 1 is 1.08 bits per heavy atom. The van der Waals surface area contributed by atoms with Crippen molar-refractivity contribution in [3.05, 3.63) is 58.1 Å². The Morgan fingerprint density at radius 2 is 1.77 bits per heavy atom. The Balaban J connectivity index is 2.15. The number of carbonyl (C=O) groups excluding carboxylic acids is 1. The van der Waals surface area contributed by atoms with Crippen LogP contribution in [0.15, 0.2) is 36.4 Å². The number of amides is 1. The standard InChI is InChI=1S/C19H23ClN2O3S/c1-13-5-8-18(15(3)11-13)22(26(4,24)25)10-9-19(23)21-17-12-16(20)7-6-14(17)2/h5-8,11-12H,9-10H2,1-4H3,(H,21,23). The molecule has 5 nitrogen and oxygen atoms in total. The number of anilines is 2. The highest BCUT2D eigenvalue weighted by atomic mass is 35.5. The van der Waals surface area contributed by atoms with Gasteiger partial charge in [-0.2, -0.15) is 0 Å². The molecule has 0 spiro atoms. The number of benzene rings is 2. The van der Waals surface area contributed by atoms with Crippen LogP contribution < -0.4 is 9.62 Å². The number of sulfonamides is 1. The quantitative estimate of drug-likeness (QED) is 0.803. The summed E-state index contributed by atoms with van der Waals surface area (Å²) in [6, 6.07) is 10.8. The summed E-state index contributed by atoms with van der Waals surface area (Å²) in [5, 5.41) is 3.31. The third-order valence-electron chi connectivity index (χ3n) is 4.04. The molecule has 0 fully saturated rings. The van der Waals surface area contributed by atoms with Crippen LogP contribution in [0, 0.1) is 20.8 Å². The zero-order valence-corrected chi connectivity index (χ0v) is 16.9. The fraction of sp³-hybridized carbons (Fsp3) is 0.316. The molecule has 0 unspecified atom stereocenters. The second kappa shape index (κ2) is 8.10. The van der Waals surface area contributed by atoms with E-state index in [2.05, 4.69) is 5.32 Å². The van der Waals surface area contributed by atoms with Gasteiger partial charge in [0.1, 0.15) is 0 Å². The van der Waals surface area contributed by atoms with Gasteiger partial charge in [0.15, 0.2) is 0 Å². The van der Waals surface area contributed by atoms with E-state index in [1.807, 2.05) is 39.0 Å². The Labute approximate surface area is 160 Å². The van der Waals surface area contributed by atoms with Gasteiger partial charge < -0.3 is 5.32 Å². The highest BCUT2D eigenvalue weighted by Crippen LogP contribution is 2.24. The van der Waals surface area contributed by atoms with Crippen LogP contribution in [-0.2, 0) is 14.8 Å². The van der Waals surface area contributed by atoms with E-state index < -0.39 is 10.0 Å². The average molecular weight is 395 g/mol. The van der Waals surface area contributed by atoms with Gasteiger partial charge in [-0.25, -0.2) is 8.42 Å². The topological polar surface area (TPSA) is 66.5 Å². The first-order chi connectivity index (χ1) is 12.1. The van der Waals surface area contributed by atoms with Crippen LogP contribution in [0.4, 0.5) is 11.4 Å². The zero-order chi connectivity index (χ0) is 19.5. The summed E-state index contributed by atoms with van der Waals surface area (Å²) in [6.07, 6.45) is 1.18. The smallest absolute Gasteiger partial charge is 0.232 e. The lowest BCUT2D eigenvalue weighted by atomic mass is 10.1. The lowest BCUT2D eigenvalue weighted by molar-refractivity contribution is -0.116. The summed E-state index contributed by atoms with van der Waals surface area (Å²) in [6.45, 7) is 5.73. The molecular weight excluding hydrogens is 372 g/mol. The van der Waals surface area contributed by atoms with Crippen molar-refractivity contribution in [3.8, 4) is 0 Å². The van der Waals surface area contributed by atoms with Crippen molar-refractivity contribution in [2.75, 3.05) is 22.4 Å². The number of rotatable bonds is 6. The van der Waals surface area contributed by atoms with Crippen LogP contribution >= 0.6 is 11.6 Å². The van der Waals surface area contributed by atoms with Gasteiger partial charge in [0.05, 0.1) is 11.9 Å². The maximum atomic E-state index is 12.3. The lowest BCUT2D eigenvalue weighted by Crippen LogP contribution is -2.33. The Bertz CT molecular complexity index is 926. The van der Waals surface area contributed by atoms with Crippen LogP contribution in [0.5, 0.6) is 0 Å². The fourth-order valence-electron chi connectivity index (χ4n) is 2.69. The number of hydrogen-bond donors (Lipinski definition) is 1. The summed E-state index contributed by atoms with van der Waals surface area (Å²) in [4.78, 5) is 12.3. The zero-order valence-electron chi connectivity index (χ0n) is 15.3. The third kappa shape index (κ3) is 5.22. The van der Waals surface area contributed by atoms with Crippen molar-refractivity contribution in [2.45, 2.75) is 27.2 Å². The number of hydrogen-bond acceptors (Lipinski definition) is 3. The Hall–Kier alpha value is -2.05. The molecule has 0 atom stereocenters. The second-order valence-corrected chi connectivity index (χ2v) is 8.73. The van der Waals surface area contributed by atoms with E-state index >= 15 is 0 Å². The van der Waals surface area contributed by atoms with Gasteiger partial charge in [0.2, 0.25) is 15.9 Å².